The summed E-state index contributed by atoms with van der Waals surface area (Å²) in [7, 11) is 0. The van der Waals surface area contributed by atoms with Crippen LogP contribution < -0.4 is 15.8 Å². The second kappa shape index (κ2) is 12.7. The van der Waals surface area contributed by atoms with Gasteiger partial charge in [0.05, 0.1) is 11.4 Å². The van der Waals surface area contributed by atoms with Gasteiger partial charge in [0.15, 0.2) is 0 Å². The van der Waals surface area contributed by atoms with Gasteiger partial charge in [0, 0.05) is 23.4 Å². The Morgan fingerprint density at radius 1 is 1.22 bits per heavy atom. The molecule has 0 spiro atoms. The molecule has 4 N–H and O–H groups in total. The number of hydrogen-bond donors (Lipinski definition) is 3. The maximum absolute atomic E-state index is 13.6. The van der Waals surface area contributed by atoms with Crippen LogP contribution in [-0.2, 0) is 23.9 Å². The van der Waals surface area contributed by atoms with Gasteiger partial charge in [0.25, 0.3) is 0 Å². The monoisotopic (exact) mass is 577 g/mol. The molecule has 1 amide bonds. The molecule has 1 aromatic carbocycles. The minimum absolute atomic E-state index is 0.00738. The molecule has 0 aliphatic carbocycles. The molecular weight excluding hydrogens is 551 g/mol. The van der Waals surface area contributed by atoms with Crippen molar-refractivity contribution < 1.29 is 41.8 Å². The van der Waals surface area contributed by atoms with Gasteiger partial charge >= 0.3 is 18.1 Å². The van der Waals surface area contributed by atoms with Crippen molar-refractivity contribution in [2.24, 2.45) is 5.73 Å². The van der Waals surface area contributed by atoms with Crippen molar-refractivity contribution in [2.75, 3.05) is 13.2 Å². The molecule has 1 heterocycles. The number of benzene rings is 1. The lowest BCUT2D eigenvalue weighted by molar-refractivity contribution is -0.188. The van der Waals surface area contributed by atoms with Gasteiger partial charge in [-0.3, -0.25) is 10.2 Å². The summed E-state index contributed by atoms with van der Waals surface area (Å²) in [4.78, 5) is 36.2. The van der Waals surface area contributed by atoms with Gasteiger partial charge in [-0.1, -0.05) is 22.4 Å². The van der Waals surface area contributed by atoms with E-state index in [1.165, 1.54) is 13.0 Å². The predicted octanol–water partition coefficient (Wildman–Crippen LogP) is 3.55. The van der Waals surface area contributed by atoms with Gasteiger partial charge in [-0.2, -0.15) is 13.2 Å². The average Bonchev–Trinajstić information content (AvgIpc) is 2.76. The molecule has 1 aliphatic rings. The zero-order valence-corrected chi connectivity index (χ0v) is 21.3. The van der Waals surface area contributed by atoms with Crippen LogP contribution in [0.5, 0.6) is 5.75 Å². The van der Waals surface area contributed by atoms with Crippen LogP contribution in [0.3, 0.4) is 0 Å². The van der Waals surface area contributed by atoms with E-state index in [1.807, 2.05) is 0 Å². The first-order valence-corrected chi connectivity index (χ1v) is 11.8. The van der Waals surface area contributed by atoms with Gasteiger partial charge in [-0.15, -0.1) is 0 Å². The number of alkyl halides is 3. The third-order valence-electron chi connectivity index (χ3n) is 5.04. The molecule has 9 nitrogen and oxygen atoms in total. The fraction of sp³-hybridized carbons (Fsp3) is 0.478. The van der Waals surface area contributed by atoms with Crippen LogP contribution in [0.15, 0.2) is 22.2 Å². The van der Waals surface area contributed by atoms with Crippen molar-refractivity contribution in [2.45, 2.75) is 57.9 Å². The molecule has 0 bridgehead atoms. The van der Waals surface area contributed by atoms with E-state index in [0.717, 1.165) is 6.08 Å². The Labute approximate surface area is 214 Å². The van der Waals surface area contributed by atoms with Crippen molar-refractivity contribution in [3.8, 4) is 5.75 Å². The molecule has 2 atom stereocenters. The zero-order chi connectivity index (χ0) is 27.0. The minimum Gasteiger partial charge on any atom is -0.475 e. The smallest absolute Gasteiger partial charge is 0.430 e. The summed E-state index contributed by atoms with van der Waals surface area (Å²) in [6.45, 7) is 1.88. The first kappa shape index (κ1) is 29.1. The number of amides is 1. The number of ether oxygens (including phenoxy) is 3. The predicted molar refractivity (Wildman–Crippen MR) is 127 cm³/mol. The fourth-order valence-corrected chi connectivity index (χ4v) is 4.07. The zero-order valence-electron chi connectivity index (χ0n) is 19.7. The van der Waals surface area contributed by atoms with Crippen LogP contribution >= 0.6 is 15.9 Å². The molecule has 0 aromatic heterocycles. The van der Waals surface area contributed by atoms with Crippen LogP contribution in [0.1, 0.15) is 43.7 Å². The Bertz CT molecular complexity index is 1040. The van der Waals surface area contributed by atoms with Crippen LogP contribution in [0.4, 0.5) is 13.2 Å². The Morgan fingerprint density at radius 2 is 1.89 bits per heavy atom. The SMILES string of the molecule is CC(=O)N[C@@H](CCCCC(=N)N)C(=O)OCCOC(=O)C1=Cc2cc(Br)cc(C)c2O[C@@H]1C(F)(F)F. The van der Waals surface area contributed by atoms with E-state index in [2.05, 4.69) is 21.2 Å². The highest BCUT2D eigenvalue weighted by Crippen LogP contribution is 2.40. The highest BCUT2D eigenvalue weighted by atomic mass is 79.9. The van der Waals surface area contributed by atoms with Crippen molar-refractivity contribution in [1.29, 1.82) is 5.41 Å². The van der Waals surface area contributed by atoms with Crippen LogP contribution in [0, 0.1) is 12.3 Å². The normalized spacial score (nSPS) is 15.6. The third kappa shape index (κ3) is 8.54. The molecule has 2 rings (SSSR count). The highest BCUT2D eigenvalue weighted by Gasteiger charge is 2.49. The number of fused-ring (bicyclic) bond motifs is 1. The molecule has 198 valence electrons. The fourth-order valence-electron chi connectivity index (χ4n) is 3.48. The Balaban J connectivity index is 1.99. The quantitative estimate of drug-likeness (QED) is 0.158. The van der Waals surface area contributed by atoms with E-state index in [-0.39, 0.29) is 23.6 Å². The van der Waals surface area contributed by atoms with E-state index in [9.17, 15) is 27.6 Å². The number of nitrogens with two attached hydrogens (primary N) is 1. The van der Waals surface area contributed by atoms with Gasteiger partial charge in [0.1, 0.15) is 25.0 Å². The summed E-state index contributed by atoms with van der Waals surface area (Å²) in [5.41, 5.74) is 5.29. The first-order valence-electron chi connectivity index (χ1n) is 11.0. The second-order valence-electron chi connectivity index (χ2n) is 8.11. The molecule has 0 fully saturated rings. The Kier molecular flexibility index (Phi) is 10.3. The van der Waals surface area contributed by atoms with E-state index in [4.69, 9.17) is 25.4 Å². The van der Waals surface area contributed by atoms with E-state index in [1.54, 1.807) is 13.0 Å². The summed E-state index contributed by atoms with van der Waals surface area (Å²) in [6, 6.07) is 2.14. The summed E-state index contributed by atoms with van der Waals surface area (Å²) >= 11 is 3.26. The van der Waals surface area contributed by atoms with Gasteiger partial charge in [-0.05, 0) is 43.5 Å². The Morgan fingerprint density at radius 3 is 2.50 bits per heavy atom. The van der Waals surface area contributed by atoms with Crippen LogP contribution in [0.2, 0.25) is 0 Å². The van der Waals surface area contributed by atoms with Crippen LogP contribution in [-0.4, -0.2) is 55.2 Å². The molecule has 13 heteroatoms. The number of nitrogens with one attached hydrogen (secondary N) is 2. The summed E-state index contributed by atoms with van der Waals surface area (Å²) in [5, 5.41) is 9.65. The second-order valence-corrected chi connectivity index (χ2v) is 9.02. The van der Waals surface area contributed by atoms with Crippen molar-refractivity contribution in [3.05, 3.63) is 33.3 Å². The van der Waals surface area contributed by atoms with E-state index < -0.39 is 55.0 Å². The molecule has 0 radical (unpaired) electrons. The summed E-state index contributed by atoms with van der Waals surface area (Å²) in [5.74, 6) is -2.49. The minimum atomic E-state index is -4.87. The largest absolute Gasteiger partial charge is 0.475 e. The van der Waals surface area contributed by atoms with Crippen LogP contribution in [0.25, 0.3) is 6.08 Å². The molecule has 1 aliphatic heterocycles. The summed E-state index contributed by atoms with van der Waals surface area (Å²) < 4.78 is 56.5. The molecule has 0 unspecified atom stereocenters. The number of unbranched alkanes of at least 4 members (excludes halogenated alkanes) is 1. The van der Waals surface area contributed by atoms with Crippen molar-refractivity contribution in [1.82, 2.24) is 5.32 Å². The number of esters is 2. The lowest BCUT2D eigenvalue weighted by Gasteiger charge is -2.29. The lowest BCUT2D eigenvalue weighted by Crippen LogP contribution is -2.42. The van der Waals surface area contributed by atoms with Gasteiger partial charge in [-0.25, -0.2) is 9.59 Å². The van der Waals surface area contributed by atoms with Gasteiger partial charge < -0.3 is 25.3 Å². The molecule has 0 saturated carbocycles. The first-order chi connectivity index (χ1) is 16.8. The van der Waals surface area contributed by atoms with E-state index >= 15 is 0 Å². The molecule has 0 saturated heterocycles. The number of carbonyl (C=O) groups excluding carboxylic acids is 3. The molecular formula is C23H27BrF3N3O6. The number of aryl methyl sites for hydroxylation is 1. The average molecular weight is 578 g/mol. The highest BCUT2D eigenvalue weighted by molar-refractivity contribution is 9.10. The number of carbonyl (C=O) groups is 3. The summed E-state index contributed by atoms with van der Waals surface area (Å²) in [6.07, 6.45) is -4.72. The third-order valence-corrected chi connectivity index (χ3v) is 5.50. The van der Waals surface area contributed by atoms with Gasteiger partial charge in [0.2, 0.25) is 12.0 Å². The van der Waals surface area contributed by atoms with E-state index in [0.29, 0.717) is 29.3 Å². The molecule has 36 heavy (non-hydrogen) atoms. The number of rotatable bonds is 11. The van der Waals surface area contributed by atoms with Crippen molar-refractivity contribution in [3.63, 3.8) is 0 Å². The lowest BCUT2D eigenvalue weighted by atomic mass is 9.99. The molecule has 1 aromatic rings. The van der Waals surface area contributed by atoms with Crippen molar-refractivity contribution >= 4 is 45.7 Å². The maximum Gasteiger partial charge on any atom is 0.430 e. The number of halogens is 4. The standard InChI is InChI=1S/C23H27BrF3N3O6/c1-12-9-15(24)10-14-11-16(20(23(25,26)27)36-19(12)14)21(32)34-7-8-35-22(33)17(30-13(2)31)5-3-4-6-18(28)29/h9-11,17,20H,3-8H2,1-2H3,(H3,28,29)(H,30,31)/t17-,20-/m0/s1. The Hall–Kier alpha value is -3.09. The number of hydrogen-bond acceptors (Lipinski definition) is 7. The number of amidine groups is 1. The topological polar surface area (TPSA) is 141 Å². The maximum atomic E-state index is 13.6.